The van der Waals surface area contributed by atoms with Gasteiger partial charge in [-0.15, -0.1) is 11.6 Å². The first-order chi connectivity index (χ1) is 15.8. The number of anilines is 1. The highest BCUT2D eigenvalue weighted by molar-refractivity contribution is 6.17. The van der Waals surface area contributed by atoms with Crippen LogP contribution in [0.15, 0.2) is 79.0 Å². The molecule has 0 aliphatic carbocycles. The summed E-state index contributed by atoms with van der Waals surface area (Å²) in [5.41, 5.74) is 10.4. The SMILES string of the molecule is [2H]C([2H])(Cl)c1ccc(-n2c(-c3cccnc3N)nc3ccc(-c4ccc(F)cc4)nc32)cc1. The van der Waals surface area contributed by atoms with Gasteiger partial charge in [0.1, 0.15) is 17.2 Å². The normalized spacial score (nSPS) is 12.6. The lowest BCUT2D eigenvalue weighted by Gasteiger charge is -2.11. The first-order valence-electron chi connectivity index (χ1n) is 10.5. The van der Waals surface area contributed by atoms with Gasteiger partial charge in [-0.05, 0) is 66.2 Å². The molecule has 152 valence electrons. The van der Waals surface area contributed by atoms with E-state index in [4.69, 9.17) is 30.0 Å². The third kappa shape index (κ3) is 3.51. The van der Waals surface area contributed by atoms with Gasteiger partial charge in [0, 0.05) is 26.0 Å². The summed E-state index contributed by atoms with van der Waals surface area (Å²) in [7, 11) is 0. The van der Waals surface area contributed by atoms with Gasteiger partial charge in [-0.25, -0.2) is 19.3 Å². The van der Waals surface area contributed by atoms with Crippen molar-refractivity contribution in [3.63, 3.8) is 0 Å². The summed E-state index contributed by atoms with van der Waals surface area (Å²) in [6.45, 7) is 0. The Balaban J connectivity index is 1.76. The van der Waals surface area contributed by atoms with E-state index in [0.717, 1.165) is 5.56 Å². The lowest BCUT2D eigenvalue weighted by molar-refractivity contribution is 0.628. The number of nitrogens with two attached hydrogens (primary N) is 1. The number of nitrogens with zero attached hydrogens (tertiary/aromatic N) is 4. The average molecular weight is 432 g/mol. The summed E-state index contributed by atoms with van der Waals surface area (Å²) in [5.74, 6) is -1.44. The predicted octanol–water partition coefficient (Wildman–Crippen LogP) is 5.61. The van der Waals surface area contributed by atoms with Crippen LogP contribution in [-0.2, 0) is 5.83 Å². The lowest BCUT2D eigenvalue weighted by atomic mass is 10.1. The van der Waals surface area contributed by atoms with Crippen LogP contribution in [0.5, 0.6) is 0 Å². The zero-order valence-corrected chi connectivity index (χ0v) is 16.9. The second-order valence-corrected chi connectivity index (χ2v) is 7.08. The molecule has 0 fully saturated rings. The average Bonchev–Trinajstić information content (AvgIpc) is 3.18. The van der Waals surface area contributed by atoms with Crippen LogP contribution in [-0.4, -0.2) is 19.5 Å². The monoisotopic (exact) mass is 431 g/mol. The first kappa shape index (κ1) is 17.0. The molecule has 0 atom stereocenters. The highest BCUT2D eigenvalue weighted by Gasteiger charge is 2.18. The van der Waals surface area contributed by atoms with E-state index in [1.54, 1.807) is 48.7 Å². The largest absolute Gasteiger partial charge is 0.383 e. The molecule has 5 rings (SSSR count). The smallest absolute Gasteiger partial charge is 0.165 e. The molecule has 0 unspecified atom stereocenters. The molecule has 0 saturated heterocycles. The van der Waals surface area contributed by atoms with Gasteiger partial charge in [-0.2, -0.15) is 0 Å². The van der Waals surface area contributed by atoms with Crippen LogP contribution in [0.4, 0.5) is 10.2 Å². The van der Waals surface area contributed by atoms with Crippen molar-refractivity contribution in [2.24, 2.45) is 0 Å². The van der Waals surface area contributed by atoms with Crippen molar-refractivity contribution in [1.29, 1.82) is 0 Å². The van der Waals surface area contributed by atoms with Crippen molar-refractivity contribution < 1.29 is 7.13 Å². The molecule has 2 aromatic carbocycles. The highest BCUT2D eigenvalue weighted by atomic mass is 35.5. The van der Waals surface area contributed by atoms with Crippen molar-refractivity contribution >= 4 is 28.6 Å². The molecular weight excluding hydrogens is 413 g/mol. The Bertz CT molecular complexity index is 1460. The summed E-state index contributed by atoms with van der Waals surface area (Å²) in [6.07, 6.45) is 1.61. The van der Waals surface area contributed by atoms with Crippen molar-refractivity contribution in [2.75, 3.05) is 5.73 Å². The van der Waals surface area contributed by atoms with Crippen LogP contribution < -0.4 is 5.73 Å². The topological polar surface area (TPSA) is 69.6 Å². The van der Waals surface area contributed by atoms with Gasteiger partial charge in [0.15, 0.2) is 11.5 Å². The highest BCUT2D eigenvalue weighted by Crippen LogP contribution is 2.31. The van der Waals surface area contributed by atoms with Gasteiger partial charge in [0.25, 0.3) is 0 Å². The number of hydrogen-bond donors (Lipinski definition) is 1. The number of aromatic nitrogens is 4. The minimum atomic E-state index is -1.99. The Kier molecular flexibility index (Phi) is 4.28. The standard InChI is InChI=1S/C24H17ClFN5/c25-14-15-3-9-18(10-4-15)31-23(19-2-1-13-28-22(19)27)30-21-12-11-20(29-24(21)31)16-5-7-17(26)8-6-16/h1-13H,14H2,(H2,27,28)/i14D2. The molecule has 0 amide bonds. The van der Waals surface area contributed by atoms with Crippen LogP contribution in [0.1, 0.15) is 8.30 Å². The first-order valence-corrected chi connectivity index (χ1v) is 9.85. The lowest BCUT2D eigenvalue weighted by Crippen LogP contribution is -2.02. The second-order valence-electron chi connectivity index (χ2n) is 6.89. The fourth-order valence-corrected chi connectivity index (χ4v) is 3.57. The summed E-state index contributed by atoms with van der Waals surface area (Å²) in [4.78, 5) is 13.8. The fraction of sp³-hybridized carbons (Fsp3) is 0.0417. The Hall–Kier alpha value is -3.77. The number of hydrogen-bond acceptors (Lipinski definition) is 4. The van der Waals surface area contributed by atoms with Crippen molar-refractivity contribution in [1.82, 2.24) is 19.5 Å². The Morgan fingerprint density at radius 1 is 0.968 bits per heavy atom. The molecule has 5 aromatic rings. The molecule has 0 bridgehead atoms. The van der Waals surface area contributed by atoms with Crippen LogP contribution in [0.2, 0.25) is 0 Å². The molecule has 0 spiro atoms. The molecule has 3 aromatic heterocycles. The minimum Gasteiger partial charge on any atom is -0.383 e. The summed E-state index contributed by atoms with van der Waals surface area (Å²) < 4.78 is 30.7. The van der Waals surface area contributed by atoms with Gasteiger partial charge in [-0.3, -0.25) is 4.57 Å². The molecule has 0 aliphatic heterocycles. The predicted molar refractivity (Wildman–Crippen MR) is 121 cm³/mol. The van der Waals surface area contributed by atoms with Crippen LogP contribution in [0.3, 0.4) is 0 Å². The van der Waals surface area contributed by atoms with Gasteiger partial charge in [0.2, 0.25) is 0 Å². The van der Waals surface area contributed by atoms with Gasteiger partial charge in [-0.1, -0.05) is 12.1 Å². The van der Waals surface area contributed by atoms with E-state index in [2.05, 4.69) is 4.98 Å². The molecule has 0 radical (unpaired) electrons. The van der Waals surface area contributed by atoms with Crippen molar-refractivity contribution in [2.45, 2.75) is 5.83 Å². The van der Waals surface area contributed by atoms with E-state index < -0.39 is 5.83 Å². The van der Waals surface area contributed by atoms with E-state index in [1.165, 1.54) is 12.1 Å². The maximum absolute atomic E-state index is 13.4. The summed E-state index contributed by atoms with van der Waals surface area (Å²) in [5, 5.41) is 0. The van der Waals surface area contributed by atoms with Crippen molar-refractivity contribution in [3.8, 4) is 28.3 Å². The maximum Gasteiger partial charge on any atom is 0.165 e. The van der Waals surface area contributed by atoms with Crippen LogP contribution in [0, 0.1) is 5.82 Å². The van der Waals surface area contributed by atoms with Gasteiger partial charge >= 0.3 is 0 Å². The van der Waals surface area contributed by atoms with E-state index >= 15 is 0 Å². The molecule has 3 heterocycles. The Morgan fingerprint density at radius 3 is 2.45 bits per heavy atom. The molecule has 31 heavy (non-hydrogen) atoms. The number of halogens is 2. The van der Waals surface area contributed by atoms with Gasteiger partial charge in [0.05, 0.1) is 11.3 Å². The zero-order valence-electron chi connectivity index (χ0n) is 18.1. The second kappa shape index (κ2) is 7.81. The number of fused-ring (bicyclic) bond motifs is 1. The third-order valence-electron chi connectivity index (χ3n) is 4.96. The van der Waals surface area contributed by atoms with E-state index in [-0.39, 0.29) is 5.82 Å². The Morgan fingerprint density at radius 2 is 1.74 bits per heavy atom. The number of alkyl halides is 1. The summed E-state index contributed by atoms with van der Waals surface area (Å²) >= 11 is 5.83. The number of rotatable bonds is 4. The molecule has 0 saturated carbocycles. The van der Waals surface area contributed by atoms with E-state index in [9.17, 15) is 4.39 Å². The van der Waals surface area contributed by atoms with E-state index in [0.29, 0.717) is 45.3 Å². The number of benzene rings is 2. The number of imidazole rings is 1. The number of pyridine rings is 2. The van der Waals surface area contributed by atoms with Crippen LogP contribution >= 0.6 is 11.6 Å². The molecule has 0 aliphatic rings. The summed E-state index contributed by atoms with van der Waals surface area (Å²) in [6, 6.07) is 20.1. The fourth-order valence-electron chi connectivity index (χ4n) is 3.44. The molecule has 7 heteroatoms. The van der Waals surface area contributed by atoms with Gasteiger partial charge < -0.3 is 5.73 Å². The number of nitrogen functional groups attached to an aromatic ring is 1. The maximum atomic E-state index is 13.4. The Labute approximate surface area is 185 Å². The third-order valence-corrected chi connectivity index (χ3v) is 5.18. The molecular formula is C24H17ClFN5. The quantitative estimate of drug-likeness (QED) is 0.375. The minimum absolute atomic E-state index is 0.321. The molecule has 2 N–H and O–H groups in total. The van der Waals surface area contributed by atoms with E-state index in [1.807, 2.05) is 22.8 Å². The zero-order chi connectivity index (χ0) is 23.2. The van der Waals surface area contributed by atoms with Crippen molar-refractivity contribution in [3.05, 3.63) is 90.4 Å². The van der Waals surface area contributed by atoms with Crippen LogP contribution in [0.25, 0.3) is 39.5 Å². The molecule has 5 nitrogen and oxygen atoms in total.